The maximum atomic E-state index is 12.9. The van der Waals surface area contributed by atoms with Crippen LogP contribution in [0.15, 0.2) is 122 Å². The second-order valence-corrected chi connectivity index (χ2v) is 21.3. The summed E-state index contributed by atoms with van der Waals surface area (Å²) in [6.45, 7) is 6.34. The van der Waals surface area contributed by atoms with Crippen molar-refractivity contribution in [2.75, 3.05) is 13.2 Å². The molecule has 0 aliphatic carbocycles. The lowest BCUT2D eigenvalue weighted by molar-refractivity contribution is -0.166. The predicted octanol–water partition coefficient (Wildman–Crippen LogP) is 22.4. The van der Waals surface area contributed by atoms with E-state index < -0.39 is 12.1 Å². The highest BCUT2D eigenvalue weighted by Gasteiger charge is 2.19. The molecule has 0 fully saturated rings. The maximum absolute atomic E-state index is 12.9. The molecule has 0 aromatic heterocycles. The highest BCUT2D eigenvalue weighted by molar-refractivity contribution is 5.72. The topological polar surface area (TPSA) is 78.9 Å². The van der Waals surface area contributed by atoms with Crippen LogP contribution in [0.3, 0.4) is 0 Å². The minimum absolute atomic E-state index is 0.111. The van der Waals surface area contributed by atoms with Gasteiger partial charge in [-0.1, -0.05) is 290 Å². The van der Waals surface area contributed by atoms with Crippen molar-refractivity contribution in [2.45, 2.75) is 303 Å². The Labute approximate surface area is 482 Å². The second-order valence-electron chi connectivity index (χ2n) is 21.3. The summed E-state index contributed by atoms with van der Waals surface area (Å²) in [5, 5.41) is 0. The van der Waals surface area contributed by atoms with E-state index in [1.807, 2.05) is 6.08 Å². The third kappa shape index (κ3) is 62.7. The molecule has 0 rings (SSSR count). The Morgan fingerprint density at radius 1 is 0.282 bits per heavy atom. The lowest BCUT2D eigenvalue weighted by atomic mass is 10.0. The van der Waals surface area contributed by atoms with Crippen LogP contribution in [0, 0.1) is 0 Å². The van der Waals surface area contributed by atoms with Crippen molar-refractivity contribution in [1.82, 2.24) is 0 Å². The van der Waals surface area contributed by atoms with Crippen LogP contribution in [0.4, 0.5) is 0 Å². The molecule has 0 bridgehead atoms. The van der Waals surface area contributed by atoms with Crippen molar-refractivity contribution in [2.24, 2.45) is 0 Å². The van der Waals surface area contributed by atoms with Gasteiger partial charge in [-0.2, -0.15) is 0 Å². The zero-order valence-corrected chi connectivity index (χ0v) is 50.9. The van der Waals surface area contributed by atoms with Crippen LogP contribution in [0.2, 0.25) is 0 Å². The van der Waals surface area contributed by atoms with E-state index in [0.29, 0.717) is 12.8 Å². The van der Waals surface area contributed by atoms with Gasteiger partial charge in [0.1, 0.15) is 13.2 Å². The third-order valence-corrected chi connectivity index (χ3v) is 13.7. The molecule has 1 atom stereocenters. The Balaban J connectivity index is 4.37. The van der Waals surface area contributed by atoms with Gasteiger partial charge in [0.2, 0.25) is 0 Å². The summed E-state index contributed by atoms with van der Waals surface area (Å²) < 4.78 is 16.8. The minimum Gasteiger partial charge on any atom is -0.462 e. The van der Waals surface area contributed by atoms with Crippen molar-refractivity contribution in [3.8, 4) is 0 Å². The molecule has 0 heterocycles. The fraction of sp³-hybridized carbons (Fsp3) is 0.681. The Kier molecular flexibility index (Phi) is 61.8. The first-order chi connectivity index (χ1) is 38.5. The largest absolute Gasteiger partial charge is 0.462 e. The first-order valence-electron chi connectivity index (χ1n) is 32.5. The van der Waals surface area contributed by atoms with Gasteiger partial charge in [-0.15, -0.1) is 0 Å². The molecular formula is C72H120O6. The maximum Gasteiger partial charge on any atom is 0.309 e. The van der Waals surface area contributed by atoms with E-state index in [1.54, 1.807) is 6.08 Å². The van der Waals surface area contributed by atoms with Gasteiger partial charge in [0.15, 0.2) is 6.10 Å². The van der Waals surface area contributed by atoms with Crippen molar-refractivity contribution in [3.63, 3.8) is 0 Å². The summed E-state index contributed by atoms with van der Waals surface area (Å²) in [6, 6.07) is 0. The molecule has 0 saturated heterocycles. The van der Waals surface area contributed by atoms with Crippen LogP contribution in [0.5, 0.6) is 0 Å². The number of hydrogen-bond acceptors (Lipinski definition) is 6. The molecule has 444 valence electrons. The molecule has 1 unspecified atom stereocenters. The van der Waals surface area contributed by atoms with Crippen LogP contribution in [-0.4, -0.2) is 37.2 Å². The lowest BCUT2D eigenvalue weighted by Gasteiger charge is -2.18. The summed E-state index contributed by atoms with van der Waals surface area (Å²) >= 11 is 0. The normalized spacial score (nSPS) is 12.9. The van der Waals surface area contributed by atoms with E-state index in [1.165, 1.54) is 161 Å². The number of carbonyl (C=O) groups is 3. The number of hydrogen-bond donors (Lipinski definition) is 0. The first-order valence-corrected chi connectivity index (χ1v) is 32.5. The van der Waals surface area contributed by atoms with E-state index in [0.717, 1.165) is 96.3 Å². The molecule has 0 aliphatic heterocycles. The van der Waals surface area contributed by atoms with E-state index >= 15 is 0 Å². The van der Waals surface area contributed by atoms with Crippen molar-refractivity contribution >= 4 is 17.9 Å². The molecule has 0 aromatic rings. The van der Waals surface area contributed by atoms with Gasteiger partial charge < -0.3 is 14.2 Å². The summed E-state index contributed by atoms with van der Waals surface area (Å²) in [7, 11) is 0. The van der Waals surface area contributed by atoms with Gasteiger partial charge >= 0.3 is 17.9 Å². The van der Waals surface area contributed by atoms with E-state index in [4.69, 9.17) is 14.2 Å². The van der Waals surface area contributed by atoms with Crippen molar-refractivity contribution in [1.29, 1.82) is 0 Å². The summed E-state index contributed by atoms with van der Waals surface area (Å²) in [4.78, 5) is 38.3. The molecule has 6 heteroatoms. The lowest BCUT2D eigenvalue weighted by Crippen LogP contribution is -2.30. The highest BCUT2D eigenvalue weighted by atomic mass is 16.6. The number of rotatable bonds is 58. The molecule has 78 heavy (non-hydrogen) atoms. The van der Waals surface area contributed by atoms with Crippen LogP contribution >= 0.6 is 0 Å². The molecule has 6 nitrogen and oxygen atoms in total. The number of ether oxygens (including phenoxy) is 3. The molecule has 0 amide bonds. The van der Waals surface area contributed by atoms with Gasteiger partial charge in [-0.25, -0.2) is 0 Å². The highest BCUT2D eigenvalue weighted by Crippen LogP contribution is 2.16. The van der Waals surface area contributed by atoms with E-state index in [9.17, 15) is 14.4 Å². The first kappa shape index (κ1) is 73.8. The molecule has 0 spiro atoms. The zero-order chi connectivity index (χ0) is 56.4. The number of esters is 3. The van der Waals surface area contributed by atoms with Gasteiger partial charge in [-0.05, 0) is 109 Å². The summed E-state index contributed by atoms with van der Waals surface area (Å²) in [5.74, 6) is -1.04. The van der Waals surface area contributed by atoms with Crippen molar-refractivity contribution < 1.29 is 28.6 Å². The van der Waals surface area contributed by atoms with Gasteiger partial charge in [0.25, 0.3) is 0 Å². The quantitative estimate of drug-likeness (QED) is 0.0261. The third-order valence-electron chi connectivity index (χ3n) is 13.7. The smallest absolute Gasteiger partial charge is 0.309 e. The van der Waals surface area contributed by atoms with Crippen LogP contribution in [-0.2, 0) is 28.6 Å². The average Bonchev–Trinajstić information content (AvgIpc) is 3.44. The second kappa shape index (κ2) is 65.3. The van der Waals surface area contributed by atoms with Gasteiger partial charge in [-0.3, -0.25) is 14.4 Å². The van der Waals surface area contributed by atoms with E-state index in [-0.39, 0.29) is 31.6 Å². The zero-order valence-electron chi connectivity index (χ0n) is 50.9. The molecule has 0 aliphatic rings. The fourth-order valence-corrected chi connectivity index (χ4v) is 8.91. The molecule has 0 aromatic carbocycles. The molecular weight excluding hydrogens is 961 g/mol. The fourth-order valence-electron chi connectivity index (χ4n) is 8.91. The number of allylic oxidation sites excluding steroid dienone is 19. The predicted molar refractivity (Wildman–Crippen MR) is 339 cm³/mol. The van der Waals surface area contributed by atoms with E-state index in [2.05, 4.69) is 130 Å². The Hall–Kier alpha value is -4.19. The number of unbranched alkanes of at least 4 members (excludes halogenated alkanes) is 28. The molecule has 0 saturated carbocycles. The Bertz CT molecular complexity index is 1620. The summed E-state index contributed by atoms with van der Waals surface area (Å²) in [6.07, 6.45) is 90.9. The standard InChI is InChI=1S/C72H120O6/c1-4-7-10-13-16-19-22-25-28-30-32-33-34-35-36-37-38-39-40-42-44-47-50-53-56-59-62-65-71(74)77-68-69(67-76-70(73)64-61-58-55-52-49-46-43-27-24-21-18-15-12-9-6-3)78-72(75)66-63-60-57-54-51-48-45-41-31-29-26-23-20-17-14-11-8-5-2/h7,9-10,12,16,18-19,21,25,27-29,31-33,43,49,52,58,61,69H,4-6,8,11,13-15,17,20,22-24,26,30,34-42,44-48,50-51,53-57,59-60,62-68H2,1-3H3/b10-7-,12-9-,19-16-,21-18-,28-25-,31-29-,33-32-,43-27-,52-49-,61-58-. The van der Waals surface area contributed by atoms with Gasteiger partial charge in [0, 0.05) is 12.8 Å². The Morgan fingerprint density at radius 3 is 0.910 bits per heavy atom. The summed E-state index contributed by atoms with van der Waals surface area (Å²) in [5.41, 5.74) is 0. The molecule has 0 radical (unpaired) electrons. The number of carbonyl (C=O) groups excluding carboxylic acids is 3. The monoisotopic (exact) mass is 1080 g/mol. The van der Waals surface area contributed by atoms with Gasteiger partial charge in [0.05, 0.1) is 6.42 Å². The molecule has 0 N–H and O–H groups in total. The average molecular weight is 1080 g/mol. The van der Waals surface area contributed by atoms with Crippen LogP contribution in [0.25, 0.3) is 0 Å². The minimum atomic E-state index is -0.824. The SMILES string of the molecule is CC/C=C\C/C=C\C/C=C\C/C=C\C/C=C\CC(=O)OCC(COC(=O)CCCCCCCCCCCCCCCC/C=C\C/C=C\C/C=C\C/C=C\CC)OC(=O)CCCCCCCCC/C=C\CCCCCCCCC. The van der Waals surface area contributed by atoms with Crippen LogP contribution < -0.4 is 0 Å². The Morgan fingerprint density at radius 2 is 0.551 bits per heavy atom. The van der Waals surface area contributed by atoms with Crippen molar-refractivity contribution in [3.05, 3.63) is 122 Å². The van der Waals surface area contributed by atoms with Crippen LogP contribution in [0.1, 0.15) is 297 Å².